The zero-order chi connectivity index (χ0) is 12.3. The molecule has 0 fully saturated rings. The van der Waals surface area contributed by atoms with E-state index in [0.29, 0.717) is 0 Å². The molecule has 1 atom stereocenters. The maximum absolute atomic E-state index is 5.80. The molecule has 2 N–H and O–H groups in total. The van der Waals surface area contributed by atoms with E-state index < -0.39 is 0 Å². The minimum absolute atomic E-state index is 0.0900. The molecule has 1 aromatic carbocycles. The Morgan fingerprint density at radius 3 is 2.59 bits per heavy atom. The maximum atomic E-state index is 5.80. The molecule has 0 aliphatic rings. The molecule has 2 aromatic rings. The summed E-state index contributed by atoms with van der Waals surface area (Å²) in [5, 5.41) is 3.96. The van der Waals surface area contributed by atoms with Gasteiger partial charge in [-0.2, -0.15) is 0 Å². The average molecular weight is 248 g/mol. The summed E-state index contributed by atoms with van der Waals surface area (Å²) in [6.07, 6.45) is 0. The van der Waals surface area contributed by atoms with Crippen LogP contribution in [0.4, 0.5) is 0 Å². The van der Waals surface area contributed by atoms with Crippen LogP contribution in [0.2, 0.25) is 0 Å². The molecule has 0 radical (unpaired) electrons. The zero-order valence-corrected chi connectivity index (χ0v) is 10.8. The van der Waals surface area contributed by atoms with Crippen molar-refractivity contribution in [2.75, 3.05) is 0 Å². The summed E-state index contributed by atoms with van der Waals surface area (Å²) in [7, 11) is 0. The standard InChI is InChI=1S/C13H16N2OS/c1-9-7-12(15-16-9)8-17-13-5-3-11(4-6-13)10(2)14/h3-7,10H,8,14H2,1-2H3. The number of hydrogen-bond acceptors (Lipinski definition) is 4. The van der Waals surface area contributed by atoms with Gasteiger partial charge in [-0.3, -0.25) is 0 Å². The molecule has 0 aliphatic carbocycles. The van der Waals surface area contributed by atoms with Gasteiger partial charge < -0.3 is 10.3 Å². The Morgan fingerprint density at radius 1 is 1.35 bits per heavy atom. The average Bonchev–Trinajstić information content (AvgIpc) is 2.73. The fourth-order valence-electron chi connectivity index (χ4n) is 1.51. The van der Waals surface area contributed by atoms with E-state index in [2.05, 4.69) is 29.4 Å². The van der Waals surface area contributed by atoms with Crippen LogP contribution in [0.3, 0.4) is 0 Å². The third kappa shape index (κ3) is 3.35. The molecule has 4 heteroatoms. The predicted molar refractivity (Wildman–Crippen MR) is 69.8 cm³/mol. The Morgan fingerprint density at radius 2 is 2.06 bits per heavy atom. The summed E-state index contributed by atoms with van der Waals surface area (Å²) in [5.41, 5.74) is 7.94. The lowest BCUT2D eigenvalue weighted by Crippen LogP contribution is -2.04. The van der Waals surface area contributed by atoms with E-state index in [9.17, 15) is 0 Å². The van der Waals surface area contributed by atoms with E-state index in [-0.39, 0.29) is 6.04 Å². The summed E-state index contributed by atoms with van der Waals surface area (Å²) in [6, 6.07) is 10.4. The highest BCUT2D eigenvalue weighted by molar-refractivity contribution is 7.98. The molecule has 0 aliphatic heterocycles. The van der Waals surface area contributed by atoms with Crippen molar-refractivity contribution in [3.05, 3.63) is 47.3 Å². The highest BCUT2D eigenvalue weighted by atomic mass is 32.2. The lowest BCUT2D eigenvalue weighted by Gasteiger charge is -2.06. The van der Waals surface area contributed by atoms with Gasteiger partial charge in [0.25, 0.3) is 0 Å². The Hall–Kier alpha value is -1.26. The third-order valence-corrected chi connectivity index (χ3v) is 3.51. The van der Waals surface area contributed by atoms with Crippen molar-refractivity contribution in [2.24, 2.45) is 5.73 Å². The summed E-state index contributed by atoms with van der Waals surface area (Å²) in [4.78, 5) is 1.22. The summed E-state index contributed by atoms with van der Waals surface area (Å²) in [5.74, 6) is 1.68. The van der Waals surface area contributed by atoms with Gasteiger partial charge in [-0.25, -0.2) is 0 Å². The molecule has 0 bridgehead atoms. The van der Waals surface area contributed by atoms with Crippen LogP contribution in [0.15, 0.2) is 39.8 Å². The van der Waals surface area contributed by atoms with Gasteiger partial charge in [-0.05, 0) is 31.5 Å². The van der Waals surface area contributed by atoms with Crippen molar-refractivity contribution in [3.63, 3.8) is 0 Å². The van der Waals surface area contributed by atoms with E-state index >= 15 is 0 Å². The van der Waals surface area contributed by atoms with Crippen LogP contribution in [0.25, 0.3) is 0 Å². The second-order valence-electron chi connectivity index (χ2n) is 4.08. The first-order valence-electron chi connectivity index (χ1n) is 5.55. The number of nitrogens with zero attached hydrogens (tertiary/aromatic N) is 1. The monoisotopic (exact) mass is 248 g/mol. The fourth-order valence-corrected chi connectivity index (χ4v) is 2.29. The van der Waals surface area contributed by atoms with Crippen molar-refractivity contribution in [1.29, 1.82) is 0 Å². The van der Waals surface area contributed by atoms with Crippen LogP contribution in [0.1, 0.15) is 30.0 Å². The number of nitrogens with two attached hydrogens (primary N) is 1. The highest BCUT2D eigenvalue weighted by Gasteiger charge is 2.03. The molecule has 0 saturated carbocycles. The molecule has 2 rings (SSSR count). The molecular weight excluding hydrogens is 232 g/mol. The van der Waals surface area contributed by atoms with Gasteiger partial charge >= 0.3 is 0 Å². The SMILES string of the molecule is Cc1cc(CSc2ccc(C(C)N)cc2)no1. The molecule has 0 saturated heterocycles. The van der Waals surface area contributed by atoms with Gasteiger partial charge in [0.2, 0.25) is 0 Å². The number of aryl methyl sites for hydroxylation is 1. The van der Waals surface area contributed by atoms with Gasteiger partial charge in [0.15, 0.2) is 0 Å². The minimum atomic E-state index is 0.0900. The number of rotatable bonds is 4. The van der Waals surface area contributed by atoms with Crippen molar-refractivity contribution in [1.82, 2.24) is 5.16 Å². The molecule has 3 nitrogen and oxygen atoms in total. The Labute approximate surface area is 105 Å². The highest BCUT2D eigenvalue weighted by Crippen LogP contribution is 2.23. The number of benzene rings is 1. The first kappa shape index (κ1) is 12.2. The molecule has 1 unspecified atom stereocenters. The lowest BCUT2D eigenvalue weighted by atomic mass is 10.1. The summed E-state index contributed by atoms with van der Waals surface area (Å²) in [6.45, 7) is 3.89. The van der Waals surface area contributed by atoms with Gasteiger partial charge in [-0.1, -0.05) is 17.3 Å². The van der Waals surface area contributed by atoms with Crippen LogP contribution in [-0.2, 0) is 5.75 Å². The molecule has 1 heterocycles. The summed E-state index contributed by atoms with van der Waals surface area (Å²) >= 11 is 1.74. The first-order chi connectivity index (χ1) is 8.15. The third-order valence-electron chi connectivity index (χ3n) is 2.47. The van der Waals surface area contributed by atoms with Crippen molar-refractivity contribution in [2.45, 2.75) is 30.5 Å². The van der Waals surface area contributed by atoms with Gasteiger partial charge in [0.1, 0.15) is 5.76 Å². The maximum Gasteiger partial charge on any atom is 0.133 e. The van der Waals surface area contributed by atoms with Gasteiger partial charge in [0, 0.05) is 22.8 Å². The van der Waals surface area contributed by atoms with Crippen LogP contribution < -0.4 is 5.73 Å². The normalized spacial score (nSPS) is 12.6. The largest absolute Gasteiger partial charge is 0.361 e. The molecule has 0 amide bonds. The van der Waals surface area contributed by atoms with E-state index in [1.807, 2.05) is 19.9 Å². The smallest absolute Gasteiger partial charge is 0.133 e. The second-order valence-corrected chi connectivity index (χ2v) is 5.12. The quantitative estimate of drug-likeness (QED) is 0.843. The van der Waals surface area contributed by atoms with E-state index in [4.69, 9.17) is 10.3 Å². The summed E-state index contributed by atoms with van der Waals surface area (Å²) < 4.78 is 5.02. The Kier molecular flexibility index (Phi) is 3.86. The van der Waals surface area contributed by atoms with Crippen LogP contribution in [0, 0.1) is 6.92 Å². The topological polar surface area (TPSA) is 52.0 Å². The van der Waals surface area contributed by atoms with Crippen molar-refractivity contribution >= 4 is 11.8 Å². The Balaban J connectivity index is 1.95. The van der Waals surface area contributed by atoms with Crippen molar-refractivity contribution < 1.29 is 4.52 Å². The van der Waals surface area contributed by atoms with E-state index in [1.165, 1.54) is 4.90 Å². The fraction of sp³-hybridized carbons (Fsp3) is 0.308. The molecule has 90 valence electrons. The first-order valence-corrected chi connectivity index (χ1v) is 6.54. The minimum Gasteiger partial charge on any atom is -0.361 e. The number of hydrogen-bond donors (Lipinski definition) is 1. The van der Waals surface area contributed by atoms with Crippen molar-refractivity contribution in [3.8, 4) is 0 Å². The molecule has 1 aromatic heterocycles. The van der Waals surface area contributed by atoms with Gasteiger partial charge in [0.05, 0.1) is 5.69 Å². The molecule has 0 spiro atoms. The second kappa shape index (κ2) is 5.38. The van der Waals surface area contributed by atoms with E-state index in [1.54, 1.807) is 11.8 Å². The van der Waals surface area contributed by atoms with Crippen LogP contribution in [-0.4, -0.2) is 5.16 Å². The van der Waals surface area contributed by atoms with Crippen LogP contribution >= 0.6 is 11.8 Å². The lowest BCUT2D eigenvalue weighted by molar-refractivity contribution is 0.393. The van der Waals surface area contributed by atoms with E-state index in [0.717, 1.165) is 22.8 Å². The number of aromatic nitrogens is 1. The number of thioether (sulfide) groups is 1. The zero-order valence-electron chi connectivity index (χ0n) is 10.0. The van der Waals surface area contributed by atoms with Gasteiger partial charge in [-0.15, -0.1) is 11.8 Å². The predicted octanol–water partition coefficient (Wildman–Crippen LogP) is 3.30. The Bertz CT molecular complexity index is 476. The molecule has 17 heavy (non-hydrogen) atoms. The van der Waals surface area contributed by atoms with Crippen LogP contribution in [0.5, 0.6) is 0 Å². The molecular formula is C13H16N2OS.